The maximum Gasteiger partial charge on any atom is 0.253 e. The molecule has 1 saturated heterocycles. The van der Waals surface area contributed by atoms with Gasteiger partial charge >= 0.3 is 0 Å². The molecule has 1 aliphatic heterocycles. The Hall–Kier alpha value is -2.09. The largest absolute Gasteiger partial charge is 0.356 e. The number of rotatable bonds is 8. The standard InChI is InChI=1S/C20H31N3O4S/c1-4-28(26,27)22-18-7-5-17(6-8-18)20(25)23-13-10-16(11-14-23)19(24)21-12-9-15(2)3/h5-8,15-16,22H,4,9-14H2,1-3H3,(H,21,24). The van der Waals surface area contributed by atoms with Crippen molar-refractivity contribution in [2.75, 3.05) is 30.1 Å². The van der Waals surface area contributed by atoms with Gasteiger partial charge in [0.25, 0.3) is 5.91 Å². The number of sulfonamides is 1. The molecule has 8 heteroatoms. The quantitative estimate of drug-likeness (QED) is 0.689. The summed E-state index contributed by atoms with van der Waals surface area (Å²) < 4.78 is 25.7. The second-order valence-electron chi connectivity index (χ2n) is 7.62. The fourth-order valence-corrected chi connectivity index (χ4v) is 3.73. The molecular weight excluding hydrogens is 378 g/mol. The summed E-state index contributed by atoms with van der Waals surface area (Å²) in [4.78, 5) is 26.6. The van der Waals surface area contributed by atoms with Crippen LogP contribution in [-0.4, -0.2) is 50.5 Å². The van der Waals surface area contributed by atoms with Gasteiger partial charge < -0.3 is 10.2 Å². The molecule has 1 aliphatic rings. The normalized spacial score (nSPS) is 15.5. The second-order valence-corrected chi connectivity index (χ2v) is 9.63. The minimum atomic E-state index is -3.34. The van der Waals surface area contributed by atoms with Crippen molar-refractivity contribution in [2.45, 2.75) is 40.0 Å². The number of amides is 2. The minimum Gasteiger partial charge on any atom is -0.356 e. The molecule has 0 saturated carbocycles. The van der Waals surface area contributed by atoms with Crippen LogP contribution in [0.1, 0.15) is 50.4 Å². The number of carbonyl (C=O) groups excluding carboxylic acids is 2. The smallest absolute Gasteiger partial charge is 0.253 e. The fourth-order valence-electron chi connectivity index (χ4n) is 3.09. The van der Waals surface area contributed by atoms with Crippen molar-refractivity contribution in [3.05, 3.63) is 29.8 Å². The Morgan fingerprint density at radius 3 is 2.29 bits per heavy atom. The highest BCUT2D eigenvalue weighted by atomic mass is 32.2. The molecule has 2 rings (SSSR count). The number of hydrogen-bond donors (Lipinski definition) is 2. The van der Waals surface area contributed by atoms with Gasteiger partial charge in [0.15, 0.2) is 0 Å². The van der Waals surface area contributed by atoms with Crippen LogP contribution in [0.2, 0.25) is 0 Å². The van der Waals surface area contributed by atoms with Crippen LogP contribution in [0.4, 0.5) is 5.69 Å². The zero-order valence-corrected chi connectivity index (χ0v) is 17.7. The number of hydrogen-bond acceptors (Lipinski definition) is 4. The number of anilines is 1. The Morgan fingerprint density at radius 2 is 1.75 bits per heavy atom. The molecule has 1 fully saturated rings. The first-order valence-electron chi connectivity index (χ1n) is 9.89. The van der Waals surface area contributed by atoms with Crippen LogP contribution in [0.3, 0.4) is 0 Å². The molecule has 1 aromatic rings. The molecule has 1 aromatic carbocycles. The van der Waals surface area contributed by atoms with Crippen molar-refractivity contribution >= 4 is 27.5 Å². The van der Waals surface area contributed by atoms with E-state index in [9.17, 15) is 18.0 Å². The van der Waals surface area contributed by atoms with Crippen LogP contribution in [-0.2, 0) is 14.8 Å². The minimum absolute atomic E-state index is 0.00628. The Labute approximate surface area is 167 Å². The van der Waals surface area contributed by atoms with Gasteiger partial charge in [0.05, 0.1) is 5.75 Å². The van der Waals surface area contributed by atoms with E-state index in [1.54, 1.807) is 36.1 Å². The average molecular weight is 410 g/mol. The maximum atomic E-state index is 12.7. The van der Waals surface area contributed by atoms with Crippen molar-refractivity contribution in [3.8, 4) is 0 Å². The van der Waals surface area contributed by atoms with Gasteiger partial charge in [0.1, 0.15) is 0 Å². The predicted molar refractivity (Wildman–Crippen MR) is 111 cm³/mol. The van der Waals surface area contributed by atoms with E-state index in [2.05, 4.69) is 23.9 Å². The lowest BCUT2D eigenvalue weighted by Gasteiger charge is -2.31. The summed E-state index contributed by atoms with van der Waals surface area (Å²) in [7, 11) is -3.34. The van der Waals surface area contributed by atoms with Crippen LogP contribution in [0.15, 0.2) is 24.3 Å². The molecule has 0 bridgehead atoms. The van der Waals surface area contributed by atoms with E-state index >= 15 is 0 Å². The molecule has 0 atom stereocenters. The number of nitrogens with one attached hydrogen (secondary N) is 2. The summed E-state index contributed by atoms with van der Waals surface area (Å²) in [5, 5.41) is 2.99. The first-order valence-corrected chi connectivity index (χ1v) is 11.5. The molecule has 0 radical (unpaired) electrons. The zero-order chi connectivity index (χ0) is 20.7. The van der Waals surface area contributed by atoms with Gasteiger partial charge in [-0.2, -0.15) is 0 Å². The van der Waals surface area contributed by atoms with Crippen LogP contribution >= 0.6 is 0 Å². The second kappa shape index (κ2) is 9.91. The van der Waals surface area contributed by atoms with Gasteiger partial charge in [-0.05, 0) is 56.4 Å². The molecule has 28 heavy (non-hydrogen) atoms. The molecule has 0 aliphatic carbocycles. The Bertz CT molecular complexity index is 767. The van der Waals surface area contributed by atoms with E-state index in [1.807, 2.05) is 0 Å². The molecule has 7 nitrogen and oxygen atoms in total. The Balaban J connectivity index is 1.85. The lowest BCUT2D eigenvalue weighted by atomic mass is 9.95. The summed E-state index contributed by atoms with van der Waals surface area (Å²) in [5.74, 6) is 0.502. The van der Waals surface area contributed by atoms with Crippen LogP contribution in [0.25, 0.3) is 0 Å². The summed E-state index contributed by atoms with van der Waals surface area (Å²) in [6.45, 7) is 7.61. The van der Waals surface area contributed by atoms with Crippen molar-refractivity contribution < 1.29 is 18.0 Å². The summed E-state index contributed by atoms with van der Waals surface area (Å²) in [6.07, 6.45) is 2.29. The summed E-state index contributed by atoms with van der Waals surface area (Å²) in [6, 6.07) is 6.44. The van der Waals surface area contributed by atoms with E-state index in [-0.39, 0.29) is 23.5 Å². The van der Waals surface area contributed by atoms with Gasteiger partial charge in [-0.1, -0.05) is 13.8 Å². The number of piperidine rings is 1. The van der Waals surface area contributed by atoms with Crippen LogP contribution in [0, 0.1) is 11.8 Å². The Morgan fingerprint density at radius 1 is 1.14 bits per heavy atom. The van der Waals surface area contributed by atoms with Crippen molar-refractivity contribution in [3.63, 3.8) is 0 Å². The third-order valence-electron chi connectivity index (χ3n) is 4.96. The fraction of sp³-hybridized carbons (Fsp3) is 0.600. The summed E-state index contributed by atoms with van der Waals surface area (Å²) in [5.41, 5.74) is 0.953. The molecule has 2 amide bonds. The van der Waals surface area contributed by atoms with E-state index in [4.69, 9.17) is 0 Å². The molecule has 0 aromatic heterocycles. The lowest BCUT2D eigenvalue weighted by molar-refractivity contribution is -0.126. The first-order chi connectivity index (χ1) is 13.2. The van der Waals surface area contributed by atoms with Gasteiger partial charge in [-0.15, -0.1) is 0 Å². The average Bonchev–Trinajstić information content (AvgIpc) is 2.67. The zero-order valence-electron chi connectivity index (χ0n) is 16.9. The maximum absolute atomic E-state index is 12.7. The number of carbonyl (C=O) groups is 2. The lowest BCUT2D eigenvalue weighted by Crippen LogP contribution is -2.43. The molecule has 2 N–H and O–H groups in total. The van der Waals surface area contributed by atoms with Crippen molar-refractivity contribution in [1.82, 2.24) is 10.2 Å². The van der Waals surface area contributed by atoms with Gasteiger partial charge in [0, 0.05) is 36.8 Å². The highest BCUT2D eigenvalue weighted by Crippen LogP contribution is 2.20. The highest BCUT2D eigenvalue weighted by Gasteiger charge is 2.27. The molecule has 0 spiro atoms. The number of benzene rings is 1. The molecular formula is C20H31N3O4S. The number of nitrogens with zero attached hydrogens (tertiary/aromatic N) is 1. The molecule has 156 valence electrons. The van der Waals surface area contributed by atoms with Gasteiger partial charge in [-0.3, -0.25) is 14.3 Å². The topological polar surface area (TPSA) is 95.6 Å². The SMILES string of the molecule is CCS(=O)(=O)Nc1ccc(C(=O)N2CCC(C(=O)NCCC(C)C)CC2)cc1. The highest BCUT2D eigenvalue weighted by molar-refractivity contribution is 7.92. The number of likely N-dealkylation sites (tertiary alicyclic amines) is 1. The van der Waals surface area contributed by atoms with Crippen LogP contribution < -0.4 is 10.0 Å². The molecule has 0 unspecified atom stereocenters. The Kier molecular flexibility index (Phi) is 7.86. The van der Waals surface area contributed by atoms with Crippen LogP contribution in [0.5, 0.6) is 0 Å². The van der Waals surface area contributed by atoms with E-state index in [0.29, 0.717) is 49.6 Å². The van der Waals surface area contributed by atoms with E-state index < -0.39 is 10.0 Å². The summed E-state index contributed by atoms with van der Waals surface area (Å²) >= 11 is 0. The molecule has 1 heterocycles. The third-order valence-corrected chi connectivity index (χ3v) is 6.27. The van der Waals surface area contributed by atoms with Crippen molar-refractivity contribution in [2.24, 2.45) is 11.8 Å². The first kappa shape index (κ1) is 22.2. The van der Waals surface area contributed by atoms with Crippen molar-refractivity contribution in [1.29, 1.82) is 0 Å². The van der Waals surface area contributed by atoms with E-state index in [0.717, 1.165) is 6.42 Å². The third kappa shape index (κ3) is 6.51. The van der Waals surface area contributed by atoms with Gasteiger partial charge in [-0.25, -0.2) is 8.42 Å². The predicted octanol–water partition coefficient (Wildman–Crippen LogP) is 2.46. The monoisotopic (exact) mass is 409 g/mol. The van der Waals surface area contributed by atoms with E-state index in [1.165, 1.54) is 0 Å². The van der Waals surface area contributed by atoms with Gasteiger partial charge in [0.2, 0.25) is 15.9 Å².